The number of hydrogen-bond acceptors (Lipinski definition) is 3. The molecule has 6 heteroatoms. The summed E-state index contributed by atoms with van der Waals surface area (Å²) in [6.07, 6.45) is 1.02. The molecule has 0 N–H and O–H groups in total. The molecule has 1 aromatic carbocycles. The van der Waals surface area contributed by atoms with E-state index >= 15 is 0 Å². The fourth-order valence-electron chi connectivity index (χ4n) is 5.04. The summed E-state index contributed by atoms with van der Waals surface area (Å²) in [7, 11) is 0. The van der Waals surface area contributed by atoms with Gasteiger partial charge in [-0.1, -0.05) is 30.3 Å². The van der Waals surface area contributed by atoms with Crippen molar-refractivity contribution in [2.24, 2.45) is 5.92 Å². The molecule has 2 aliphatic rings. The number of carbonyl (C=O) groups is 1. The van der Waals surface area contributed by atoms with E-state index in [1.165, 1.54) is 0 Å². The summed E-state index contributed by atoms with van der Waals surface area (Å²) in [6.45, 7) is 6.60. The number of nitrogens with zero attached hydrogens (tertiary/aromatic N) is 4. The van der Waals surface area contributed by atoms with Crippen LogP contribution >= 0.6 is 0 Å². The molecule has 0 spiro atoms. The fourth-order valence-corrected chi connectivity index (χ4v) is 5.04. The van der Waals surface area contributed by atoms with E-state index in [4.69, 9.17) is 0 Å². The summed E-state index contributed by atoms with van der Waals surface area (Å²) >= 11 is 0. The van der Waals surface area contributed by atoms with Crippen LogP contribution in [-0.4, -0.2) is 38.2 Å². The number of aromatic nitrogens is 3. The summed E-state index contributed by atoms with van der Waals surface area (Å²) in [5.74, 6) is 0.527. The molecule has 2 bridgehead atoms. The Balaban J connectivity index is 1.49. The molecule has 6 nitrogen and oxygen atoms in total. The predicted octanol–water partition coefficient (Wildman–Crippen LogP) is 3.30. The monoisotopic (exact) mass is 402 g/mol. The molecule has 154 valence electrons. The molecular weight excluding hydrogens is 376 g/mol. The summed E-state index contributed by atoms with van der Waals surface area (Å²) < 4.78 is 3.71. The van der Waals surface area contributed by atoms with Gasteiger partial charge in [-0.2, -0.15) is 5.10 Å². The highest BCUT2D eigenvalue weighted by atomic mass is 16.2. The maximum atomic E-state index is 13.3. The first-order valence-electron chi connectivity index (χ1n) is 10.7. The van der Waals surface area contributed by atoms with E-state index in [1.807, 2.05) is 59.7 Å². The van der Waals surface area contributed by atoms with Gasteiger partial charge in [0.25, 0.3) is 11.5 Å². The van der Waals surface area contributed by atoms with E-state index in [0.717, 1.165) is 28.9 Å². The lowest BCUT2D eigenvalue weighted by Gasteiger charge is -2.43. The highest BCUT2D eigenvalue weighted by molar-refractivity contribution is 5.93. The van der Waals surface area contributed by atoms with E-state index in [-0.39, 0.29) is 17.4 Å². The Bertz CT molecular complexity index is 1160. The summed E-state index contributed by atoms with van der Waals surface area (Å²) in [5, 5.41) is 4.43. The second kappa shape index (κ2) is 7.27. The quantitative estimate of drug-likeness (QED) is 0.675. The lowest BCUT2D eigenvalue weighted by molar-refractivity contribution is 0.0582. The third-order valence-electron chi connectivity index (χ3n) is 6.37. The first-order chi connectivity index (χ1) is 14.5. The smallest absolute Gasteiger partial charge is 0.272 e. The standard InChI is InChI=1S/C24H26N4O2/c1-3-28-22(9-16(2)25-28)24(30)26-13-17-10-20(15-26)21-11-19(12-23(29)27(21)14-17)18-7-5-4-6-8-18/h4-9,11-12,17,20H,3,10,13-15H2,1-2H3/t17-,20+/m0/s1. The van der Waals surface area contributed by atoms with E-state index in [1.54, 1.807) is 10.7 Å². The van der Waals surface area contributed by atoms with Crippen LogP contribution in [0.25, 0.3) is 11.1 Å². The molecule has 2 atom stereocenters. The maximum absolute atomic E-state index is 13.3. The molecule has 2 aromatic heterocycles. The number of rotatable bonds is 3. The molecule has 5 rings (SSSR count). The Labute approximate surface area is 175 Å². The number of amides is 1. The number of likely N-dealkylation sites (tertiary alicyclic amines) is 1. The molecule has 0 aliphatic carbocycles. The third kappa shape index (κ3) is 3.16. The second-order valence-corrected chi connectivity index (χ2v) is 8.48. The molecule has 0 radical (unpaired) electrons. The van der Waals surface area contributed by atoms with E-state index < -0.39 is 0 Å². The average Bonchev–Trinajstić information content (AvgIpc) is 3.15. The van der Waals surface area contributed by atoms with Crippen LogP contribution in [0.5, 0.6) is 0 Å². The minimum atomic E-state index is 0.0437. The van der Waals surface area contributed by atoms with Crippen molar-refractivity contribution in [3.63, 3.8) is 0 Å². The van der Waals surface area contributed by atoms with Gasteiger partial charge in [-0.15, -0.1) is 0 Å². The molecule has 2 aliphatic heterocycles. The Morgan fingerprint density at radius 2 is 1.87 bits per heavy atom. The molecule has 0 saturated carbocycles. The number of pyridine rings is 1. The first-order valence-corrected chi connectivity index (χ1v) is 10.7. The van der Waals surface area contributed by atoms with Crippen LogP contribution in [0.2, 0.25) is 0 Å². The minimum absolute atomic E-state index is 0.0437. The second-order valence-electron chi connectivity index (χ2n) is 8.48. The van der Waals surface area contributed by atoms with Gasteiger partial charge in [0.05, 0.1) is 5.69 Å². The number of carbonyl (C=O) groups excluding carboxylic acids is 1. The lowest BCUT2D eigenvalue weighted by atomic mass is 9.82. The fraction of sp³-hybridized carbons (Fsp3) is 0.375. The zero-order valence-corrected chi connectivity index (χ0v) is 17.4. The molecular formula is C24H26N4O2. The van der Waals surface area contributed by atoms with Crippen LogP contribution in [0.3, 0.4) is 0 Å². The van der Waals surface area contributed by atoms with Gasteiger partial charge in [-0.3, -0.25) is 14.3 Å². The van der Waals surface area contributed by atoms with E-state index in [9.17, 15) is 9.59 Å². The molecule has 0 unspecified atom stereocenters. The SMILES string of the molecule is CCn1nc(C)cc1C(=O)N1C[C@@H]2C[C@H](C1)c1cc(-c3ccccc3)cc(=O)n1C2. The Morgan fingerprint density at radius 3 is 2.63 bits per heavy atom. The van der Waals surface area contributed by atoms with Gasteiger partial charge in [0.2, 0.25) is 0 Å². The highest BCUT2D eigenvalue weighted by Gasteiger charge is 2.37. The molecule has 3 aromatic rings. The Hall–Kier alpha value is -3.15. The molecule has 1 saturated heterocycles. The van der Waals surface area contributed by atoms with Gasteiger partial charge in [0.1, 0.15) is 5.69 Å². The van der Waals surface area contributed by atoms with Crippen LogP contribution in [0, 0.1) is 12.8 Å². The van der Waals surface area contributed by atoms with Crippen LogP contribution in [-0.2, 0) is 13.1 Å². The van der Waals surface area contributed by atoms with Crippen molar-refractivity contribution in [3.8, 4) is 11.1 Å². The average molecular weight is 402 g/mol. The van der Waals surface area contributed by atoms with E-state index in [0.29, 0.717) is 37.8 Å². The summed E-state index contributed by atoms with van der Waals surface area (Å²) in [6, 6.07) is 15.8. The zero-order valence-electron chi connectivity index (χ0n) is 17.4. The van der Waals surface area contributed by atoms with Gasteiger partial charge in [0.15, 0.2) is 0 Å². The molecule has 1 fully saturated rings. The third-order valence-corrected chi connectivity index (χ3v) is 6.37. The maximum Gasteiger partial charge on any atom is 0.272 e. The van der Waals surface area contributed by atoms with E-state index in [2.05, 4.69) is 11.2 Å². The van der Waals surface area contributed by atoms with Crippen LogP contribution in [0.4, 0.5) is 0 Å². The Kier molecular flexibility index (Phi) is 4.57. The molecule has 4 heterocycles. The molecule has 1 amide bonds. The number of hydrogen-bond donors (Lipinski definition) is 0. The van der Waals surface area contributed by atoms with Crippen LogP contribution in [0.15, 0.2) is 53.3 Å². The summed E-state index contributed by atoms with van der Waals surface area (Å²) in [4.78, 5) is 28.1. The van der Waals surface area contributed by atoms with Gasteiger partial charge >= 0.3 is 0 Å². The van der Waals surface area contributed by atoms with Gasteiger partial charge in [-0.05, 0) is 49.4 Å². The summed E-state index contributed by atoms with van der Waals surface area (Å²) in [5.41, 5.74) is 4.63. The van der Waals surface area contributed by atoms with Crippen molar-refractivity contribution in [3.05, 3.63) is 76.0 Å². The number of benzene rings is 1. The Morgan fingerprint density at radius 1 is 1.07 bits per heavy atom. The van der Waals surface area contributed by atoms with Crippen molar-refractivity contribution in [2.75, 3.05) is 13.1 Å². The topological polar surface area (TPSA) is 60.1 Å². The number of fused-ring (bicyclic) bond motifs is 4. The first kappa shape index (κ1) is 18.9. The van der Waals surface area contributed by atoms with Crippen molar-refractivity contribution in [2.45, 2.75) is 39.3 Å². The van der Waals surface area contributed by atoms with Crippen molar-refractivity contribution in [1.29, 1.82) is 0 Å². The van der Waals surface area contributed by atoms with Crippen molar-refractivity contribution < 1.29 is 4.79 Å². The normalized spacial score (nSPS) is 20.1. The van der Waals surface area contributed by atoms with Crippen molar-refractivity contribution >= 4 is 5.91 Å². The van der Waals surface area contributed by atoms with Crippen LogP contribution in [0.1, 0.15) is 41.1 Å². The number of aryl methyl sites for hydroxylation is 2. The minimum Gasteiger partial charge on any atom is -0.336 e. The van der Waals surface area contributed by atoms with Gasteiger partial charge in [-0.25, -0.2) is 0 Å². The van der Waals surface area contributed by atoms with Gasteiger partial charge in [0, 0.05) is 43.9 Å². The van der Waals surface area contributed by atoms with Crippen molar-refractivity contribution in [1.82, 2.24) is 19.2 Å². The van der Waals surface area contributed by atoms with Crippen LogP contribution < -0.4 is 5.56 Å². The zero-order chi connectivity index (χ0) is 20.8. The highest BCUT2D eigenvalue weighted by Crippen LogP contribution is 2.37. The largest absolute Gasteiger partial charge is 0.336 e. The molecule has 30 heavy (non-hydrogen) atoms. The number of piperidine rings is 1. The van der Waals surface area contributed by atoms with Gasteiger partial charge < -0.3 is 9.47 Å². The predicted molar refractivity (Wildman–Crippen MR) is 116 cm³/mol. The lowest BCUT2D eigenvalue weighted by Crippen LogP contribution is -2.49.